The van der Waals surface area contributed by atoms with E-state index in [-0.39, 0.29) is 0 Å². The van der Waals surface area contributed by atoms with Crippen LogP contribution >= 0.6 is 0 Å². The highest BCUT2D eigenvalue weighted by molar-refractivity contribution is 5.03. The molecule has 0 amide bonds. The molecule has 1 aliphatic heterocycles. The van der Waals surface area contributed by atoms with Crippen molar-refractivity contribution in [2.45, 2.75) is 71.5 Å². The van der Waals surface area contributed by atoms with E-state index in [1.165, 1.54) is 32.4 Å². The Morgan fingerprint density at radius 3 is 2.65 bits per heavy atom. The van der Waals surface area contributed by atoms with E-state index in [2.05, 4.69) is 44.8 Å². The second-order valence-electron chi connectivity index (χ2n) is 7.10. The number of hydrogen-bond acceptors (Lipinski definition) is 2. The van der Waals surface area contributed by atoms with Gasteiger partial charge in [0.1, 0.15) is 0 Å². The van der Waals surface area contributed by atoms with Gasteiger partial charge in [0.25, 0.3) is 0 Å². The molecule has 0 spiro atoms. The monoisotopic (exact) mass is 238 g/mol. The lowest BCUT2D eigenvalue weighted by Crippen LogP contribution is -2.63. The second kappa shape index (κ2) is 4.89. The molecule has 1 aliphatic carbocycles. The molecule has 3 atom stereocenters. The maximum atomic E-state index is 3.71. The summed E-state index contributed by atoms with van der Waals surface area (Å²) in [7, 11) is 0. The fraction of sp³-hybridized carbons (Fsp3) is 1.00. The molecular weight excluding hydrogens is 208 g/mol. The summed E-state index contributed by atoms with van der Waals surface area (Å²) in [5.74, 6) is 1.76. The summed E-state index contributed by atoms with van der Waals surface area (Å²) < 4.78 is 0. The SMILES string of the molecule is CCCC1CC1N1CC(C)(C)NCC1C(C)C. The largest absolute Gasteiger partial charge is 0.309 e. The van der Waals surface area contributed by atoms with E-state index in [1.807, 2.05) is 0 Å². The fourth-order valence-corrected chi connectivity index (χ4v) is 3.43. The zero-order chi connectivity index (χ0) is 12.6. The minimum atomic E-state index is 0.296. The molecule has 2 nitrogen and oxygen atoms in total. The molecule has 1 heterocycles. The molecule has 0 radical (unpaired) electrons. The molecule has 2 rings (SSSR count). The first kappa shape index (κ1) is 13.4. The van der Waals surface area contributed by atoms with Crippen LogP contribution in [0, 0.1) is 11.8 Å². The molecule has 0 aromatic heterocycles. The lowest BCUT2D eigenvalue weighted by atomic mass is 9.92. The van der Waals surface area contributed by atoms with Gasteiger partial charge in [0.05, 0.1) is 0 Å². The summed E-state index contributed by atoms with van der Waals surface area (Å²) >= 11 is 0. The third kappa shape index (κ3) is 3.03. The van der Waals surface area contributed by atoms with Gasteiger partial charge in [0.2, 0.25) is 0 Å². The van der Waals surface area contributed by atoms with Crippen molar-refractivity contribution in [2.75, 3.05) is 13.1 Å². The number of nitrogens with zero attached hydrogens (tertiary/aromatic N) is 1. The van der Waals surface area contributed by atoms with Crippen molar-refractivity contribution in [2.24, 2.45) is 11.8 Å². The van der Waals surface area contributed by atoms with Crippen molar-refractivity contribution in [3.63, 3.8) is 0 Å². The van der Waals surface area contributed by atoms with E-state index in [9.17, 15) is 0 Å². The Labute approximate surface area is 107 Å². The predicted molar refractivity (Wildman–Crippen MR) is 74.2 cm³/mol. The van der Waals surface area contributed by atoms with Gasteiger partial charge in [-0.1, -0.05) is 27.2 Å². The van der Waals surface area contributed by atoms with E-state index in [1.54, 1.807) is 0 Å². The quantitative estimate of drug-likeness (QED) is 0.810. The molecular formula is C15H30N2. The van der Waals surface area contributed by atoms with Gasteiger partial charge < -0.3 is 5.32 Å². The van der Waals surface area contributed by atoms with Gasteiger partial charge in [0.15, 0.2) is 0 Å². The lowest BCUT2D eigenvalue weighted by molar-refractivity contribution is 0.0573. The Balaban J connectivity index is 2.00. The fourth-order valence-electron chi connectivity index (χ4n) is 3.43. The Morgan fingerprint density at radius 2 is 2.06 bits per heavy atom. The number of rotatable bonds is 4. The predicted octanol–water partition coefficient (Wildman–Crippen LogP) is 2.88. The summed E-state index contributed by atoms with van der Waals surface area (Å²) in [6.07, 6.45) is 4.23. The normalized spacial score (nSPS) is 37.4. The second-order valence-corrected chi connectivity index (χ2v) is 7.10. The Bertz CT molecular complexity index is 260. The van der Waals surface area contributed by atoms with Crippen LogP contribution in [0.5, 0.6) is 0 Å². The highest BCUT2D eigenvalue weighted by atomic mass is 15.3. The maximum Gasteiger partial charge on any atom is 0.0253 e. The molecule has 2 aliphatic rings. The third-order valence-corrected chi connectivity index (χ3v) is 4.53. The smallest absolute Gasteiger partial charge is 0.0253 e. The van der Waals surface area contributed by atoms with Gasteiger partial charge in [-0.25, -0.2) is 0 Å². The van der Waals surface area contributed by atoms with Gasteiger partial charge in [-0.15, -0.1) is 0 Å². The first-order valence-corrected chi connectivity index (χ1v) is 7.45. The van der Waals surface area contributed by atoms with E-state index in [4.69, 9.17) is 0 Å². The average molecular weight is 238 g/mol. The van der Waals surface area contributed by atoms with Crippen molar-refractivity contribution in [3.8, 4) is 0 Å². The average Bonchev–Trinajstić information content (AvgIpc) is 2.95. The van der Waals surface area contributed by atoms with Crippen LogP contribution in [0.2, 0.25) is 0 Å². The van der Waals surface area contributed by atoms with E-state index in [0.29, 0.717) is 5.54 Å². The highest BCUT2D eigenvalue weighted by Crippen LogP contribution is 2.42. The van der Waals surface area contributed by atoms with Crippen LogP contribution in [0.3, 0.4) is 0 Å². The summed E-state index contributed by atoms with van der Waals surface area (Å²) in [5, 5.41) is 3.71. The van der Waals surface area contributed by atoms with E-state index >= 15 is 0 Å². The van der Waals surface area contributed by atoms with Crippen molar-refractivity contribution in [3.05, 3.63) is 0 Å². The van der Waals surface area contributed by atoms with Crippen LogP contribution in [0.4, 0.5) is 0 Å². The standard InChI is InChI=1S/C15H30N2/c1-6-7-12-8-13(12)17-10-15(4,5)16-9-14(17)11(2)3/h11-14,16H,6-10H2,1-5H3. The number of nitrogens with one attached hydrogen (secondary N) is 1. The van der Waals surface area contributed by atoms with Crippen LogP contribution in [-0.2, 0) is 0 Å². The minimum absolute atomic E-state index is 0.296. The Morgan fingerprint density at radius 1 is 1.35 bits per heavy atom. The zero-order valence-electron chi connectivity index (χ0n) is 12.3. The number of piperazine rings is 1. The molecule has 100 valence electrons. The van der Waals surface area contributed by atoms with Crippen molar-refractivity contribution < 1.29 is 0 Å². The maximum absolute atomic E-state index is 3.71. The summed E-state index contributed by atoms with van der Waals surface area (Å²) in [5.41, 5.74) is 0.296. The van der Waals surface area contributed by atoms with Gasteiger partial charge in [-0.05, 0) is 38.5 Å². The first-order valence-electron chi connectivity index (χ1n) is 7.45. The van der Waals surface area contributed by atoms with Crippen molar-refractivity contribution in [1.29, 1.82) is 0 Å². The molecule has 2 fully saturated rings. The van der Waals surface area contributed by atoms with Gasteiger partial charge in [-0.2, -0.15) is 0 Å². The molecule has 1 saturated carbocycles. The molecule has 1 saturated heterocycles. The third-order valence-electron chi connectivity index (χ3n) is 4.53. The molecule has 3 unspecified atom stereocenters. The molecule has 0 aromatic rings. The zero-order valence-corrected chi connectivity index (χ0v) is 12.3. The van der Waals surface area contributed by atoms with Crippen LogP contribution < -0.4 is 5.32 Å². The van der Waals surface area contributed by atoms with E-state index < -0.39 is 0 Å². The summed E-state index contributed by atoms with van der Waals surface area (Å²) in [4.78, 5) is 2.82. The van der Waals surface area contributed by atoms with Gasteiger partial charge in [0, 0.05) is 30.7 Å². The van der Waals surface area contributed by atoms with Crippen molar-refractivity contribution >= 4 is 0 Å². The summed E-state index contributed by atoms with van der Waals surface area (Å²) in [6.45, 7) is 14.1. The highest BCUT2D eigenvalue weighted by Gasteiger charge is 2.47. The molecule has 17 heavy (non-hydrogen) atoms. The Kier molecular flexibility index (Phi) is 3.84. The first-order chi connectivity index (χ1) is 7.94. The molecule has 0 aromatic carbocycles. The molecule has 2 heteroatoms. The van der Waals surface area contributed by atoms with E-state index in [0.717, 1.165) is 23.9 Å². The Hall–Kier alpha value is -0.0800. The molecule has 0 bridgehead atoms. The van der Waals surface area contributed by atoms with Gasteiger partial charge >= 0.3 is 0 Å². The summed E-state index contributed by atoms with van der Waals surface area (Å²) in [6, 6.07) is 1.64. The van der Waals surface area contributed by atoms with Crippen LogP contribution in [-0.4, -0.2) is 35.6 Å². The molecule has 1 N–H and O–H groups in total. The van der Waals surface area contributed by atoms with Crippen LogP contribution in [0.25, 0.3) is 0 Å². The number of hydrogen-bond donors (Lipinski definition) is 1. The van der Waals surface area contributed by atoms with Crippen molar-refractivity contribution in [1.82, 2.24) is 10.2 Å². The lowest BCUT2D eigenvalue weighted by Gasteiger charge is -2.47. The topological polar surface area (TPSA) is 15.3 Å². The minimum Gasteiger partial charge on any atom is -0.309 e. The van der Waals surface area contributed by atoms with Crippen LogP contribution in [0.1, 0.15) is 53.9 Å². The van der Waals surface area contributed by atoms with Gasteiger partial charge in [-0.3, -0.25) is 4.90 Å². The van der Waals surface area contributed by atoms with Crippen LogP contribution in [0.15, 0.2) is 0 Å².